The van der Waals surface area contributed by atoms with Crippen LogP contribution in [0.5, 0.6) is 11.6 Å². The first-order valence-corrected chi connectivity index (χ1v) is 5.83. The lowest BCUT2D eigenvalue weighted by atomic mass is 10.3. The van der Waals surface area contributed by atoms with E-state index in [-0.39, 0.29) is 11.4 Å². The van der Waals surface area contributed by atoms with Gasteiger partial charge < -0.3 is 10.1 Å². The van der Waals surface area contributed by atoms with Gasteiger partial charge in [-0.25, -0.2) is 0 Å². The van der Waals surface area contributed by atoms with Crippen molar-refractivity contribution in [1.29, 1.82) is 0 Å². The molecular weight excluding hydrogens is 246 g/mol. The van der Waals surface area contributed by atoms with Gasteiger partial charge in [-0.3, -0.25) is 10.1 Å². The van der Waals surface area contributed by atoms with Gasteiger partial charge in [-0.1, -0.05) is 18.2 Å². The number of nitrogens with one attached hydrogen (secondary N) is 1. The average Bonchev–Trinajstić information content (AvgIpc) is 2.40. The van der Waals surface area contributed by atoms with Crippen LogP contribution in [0.2, 0.25) is 0 Å². The molecule has 2 rings (SSSR count). The van der Waals surface area contributed by atoms with Crippen LogP contribution >= 0.6 is 0 Å². The highest BCUT2D eigenvalue weighted by Crippen LogP contribution is 2.30. The molecule has 0 radical (unpaired) electrons. The smallest absolute Gasteiger partial charge is 0.311 e. The first kappa shape index (κ1) is 12.8. The van der Waals surface area contributed by atoms with Crippen LogP contribution in [-0.2, 0) is 0 Å². The van der Waals surface area contributed by atoms with E-state index in [0.29, 0.717) is 11.7 Å². The monoisotopic (exact) mass is 259 g/mol. The standard InChI is InChI=1S/C13H13N3O3/c1-2-14-12-8-5-9-13(15-12)19-11-7-4-3-6-10(11)16(17)18/h3-9H,2H2,1H3,(H,14,15). The largest absolute Gasteiger partial charge is 0.432 e. The van der Waals surface area contributed by atoms with Gasteiger partial charge in [0.25, 0.3) is 0 Å². The number of hydrogen-bond acceptors (Lipinski definition) is 5. The summed E-state index contributed by atoms with van der Waals surface area (Å²) in [6, 6.07) is 11.4. The van der Waals surface area contributed by atoms with E-state index in [1.807, 2.05) is 6.92 Å². The molecule has 1 aromatic carbocycles. The second-order valence-electron chi connectivity index (χ2n) is 3.72. The van der Waals surface area contributed by atoms with Crippen LogP contribution in [0.4, 0.5) is 11.5 Å². The molecule has 6 nitrogen and oxygen atoms in total. The first-order chi connectivity index (χ1) is 9.20. The van der Waals surface area contributed by atoms with E-state index >= 15 is 0 Å². The number of aromatic nitrogens is 1. The molecule has 0 amide bonds. The molecule has 0 unspecified atom stereocenters. The number of benzene rings is 1. The molecule has 0 aliphatic rings. The highest BCUT2D eigenvalue weighted by Gasteiger charge is 2.14. The minimum atomic E-state index is -0.483. The highest BCUT2D eigenvalue weighted by molar-refractivity contribution is 5.48. The van der Waals surface area contributed by atoms with Gasteiger partial charge in [0.15, 0.2) is 0 Å². The maximum absolute atomic E-state index is 10.9. The third-order valence-corrected chi connectivity index (χ3v) is 2.36. The van der Waals surface area contributed by atoms with Crippen LogP contribution in [-0.4, -0.2) is 16.5 Å². The van der Waals surface area contributed by atoms with E-state index < -0.39 is 4.92 Å². The number of ether oxygens (including phenoxy) is 1. The molecule has 0 saturated heterocycles. The Morgan fingerprint density at radius 2 is 2.05 bits per heavy atom. The van der Waals surface area contributed by atoms with Crippen LogP contribution in [0.1, 0.15) is 6.92 Å². The second kappa shape index (κ2) is 5.81. The summed E-state index contributed by atoms with van der Waals surface area (Å²) in [5.74, 6) is 1.15. The molecule has 6 heteroatoms. The summed E-state index contributed by atoms with van der Waals surface area (Å²) in [6.07, 6.45) is 0. The molecule has 98 valence electrons. The number of nitro benzene ring substituents is 1. The van der Waals surface area contributed by atoms with Gasteiger partial charge in [-0.05, 0) is 19.1 Å². The molecule has 1 heterocycles. The molecule has 19 heavy (non-hydrogen) atoms. The Morgan fingerprint density at radius 1 is 1.26 bits per heavy atom. The van der Waals surface area contributed by atoms with Gasteiger partial charge in [0.1, 0.15) is 5.82 Å². The summed E-state index contributed by atoms with van der Waals surface area (Å²) in [5, 5.41) is 13.9. The van der Waals surface area contributed by atoms with Gasteiger partial charge in [0, 0.05) is 18.7 Å². The number of nitrogens with zero attached hydrogens (tertiary/aromatic N) is 2. The molecule has 2 aromatic rings. The Hall–Kier alpha value is -2.63. The van der Waals surface area contributed by atoms with Crippen molar-refractivity contribution in [3.05, 3.63) is 52.6 Å². The van der Waals surface area contributed by atoms with E-state index in [2.05, 4.69) is 10.3 Å². The van der Waals surface area contributed by atoms with E-state index in [1.54, 1.807) is 36.4 Å². The Balaban J connectivity index is 2.26. The molecule has 0 spiro atoms. The zero-order valence-corrected chi connectivity index (χ0v) is 10.4. The molecule has 0 bridgehead atoms. The molecule has 0 fully saturated rings. The molecular formula is C13H13N3O3. The summed E-state index contributed by atoms with van der Waals surface area (Å²) in [5.41, 5.74) is -0.0850. The Bertz CT molecular complexity index is 587. The lowest BCUT2D eigenvalue weighted by Gasteiger charge is -2.07. The number of rotatable bonds is 5. The fraction of sp³-hybridized carbons (Fsp3) is 0.154. The maximum atomic E-state index is 10.9. The van der Waals surface area contributed by atoms with Gasteiger partial charge in [-0.2, -0.15) is 4.98 Å². The zero-order chi connectivity index (χ0) is 13.7. The quantitative estimate of drug-likeness (QED) is 0.659. The van der Waals surface area contributed by atoms with Gasteiger partial charge >= 0.3 is 5.69 Å². The number of pyridine rings is 1. The van der Waals surface area contributed by atoms with Gasteiger partial charge in [0.2, 0.25) is 11.6 Å². The van der Waals surface area contributed by atoms with Crippen LogP contribution in [0.15, 0.2) is 42.5 Å². The van der Waals surface area contributed by atoms with E-state index in [4.69, 9.17) is 4.74 Å². The minimum Gasteiger partial charge on any atom is -0.432 e. The van der Waals surface area contributed by atoms with Crippen LogP contribution in [0.25, 0.3) is 0 Å². The van der Waals surface area contributed by atoms with Crippen molar-refractivity contribution >= 4 is 11.5 Å². The van der Waals surface area contributed by atoms with E-state index in [0.717, 1.165) is 6.54 Å². The highest BCUT2D eigenvalue weighted by atomic mass is 16.6. The summed E-state index contributed by atoms with van der Waals surface area (Å²) < 4.78 is 5.47. The number of hydrogen-bond donors (Lipinski definition) is 1. The third kappa shape index (κ3) is 3.19. The average molecular weight is 259 g/mol. The summed E-state index contributed by atoms with van der Waals surface area (Å²) >= 11 is 0. The lowest BCUT2D eigenvalue weighted by molar-refractivity contribution is -0.385. The van der Waals surface area contributed by atoms with Crippen molar-refractivity contribution in [2.45, 2.75) is 6.92 Å². The summed E-state index contributed by atoms with van der Waals surface area (Å²) in [7, 11) is 0. The maximum Gasteiger partial charge on any atom is 0.311 e. The van der Waals surface area contributed by atoms with Crippen LogP contribution in [0.3, 0.4) is 0 Å². The van der Waals surface area contributed by atoms with Gasteiger partial charge in [0.05, 0.1) is 4.92 Å². The fourth-order valence-electron chi connectivity index (χ4n) is 1.56. The van der Waals surface area contributed by atoms with Crippen molar-refractivity contribution in [3.63, 3.8) is 0 Å². The molecule has 1 aromatic heterocycles. The predicted molar refractivity (Wildman–Crippen MR) is 71.6 cm³/mol. The Kier molecular flexibility index (Phi) is 3.92. The topological polar surface area (TPSA) is 77.3 Å². The first-order valence-electron chi connectivity index (χ1n) is 5.83. The van der Waals surface area contributed by atoms with Gasteiger partial charge in [-0.15, -0.1) is 0 Å². The van der Waals surface area contributed by atoms with Crippen molar-refractivity contribution < 1.29 is 9.66 Å². The number of anilines is 1. The minimum absolute atomic E-state index is 0.0850. The van der Waals surface area contributed by atoms with Crippen molar-refractivity contribution in [1.82, 2.24) is 4.98 Å². The molecule has 0 atom stereocenters. The predicted octanol–water partition coefficient (Wildman–Crippen LogP) is 3.21. The van der Waals surface area contributed by atoms with E-state index in [1.165, 1.54) is 6.07 Å². The van der Waals surface area contributed by atoms with Crippen LogP contribution < -0.4 is 10.1 Å². The Morgan fingerprint density at radius 3 is 2.79 bits per heavy atom. The zero-order valence-electron chi connectivity index (χ0n) is 10.4. The second-order valence-corrected chi connectivity index (χ2v) is 3.72. The molecule has 0 aliphatic carbocycles. The molecule has 0 aliphatic heterocycles. The SMILES string of the molecule is CCNc1cccc(Oc2ccccc2[N+](=O)[O-])n1. The summed E-state index contributed by atoms with van der Waals surface area (Å²) in [6.45, 7) is 2.69. The summed E-state index contributed by atoms with van der Waals surface area (Å²) in [4.78, 5) is 14.6. The fourth-order valence-corrected chi connectivity index (χ4v) is 1.56. The normalized spacial score (nSPS) is 9.95. The molecule has 1 N–H and O–H groups in total. The Labute approximate surface area is 110 Å². The third-order valence-electron chi connectivity index (χ3n) is 2.36. The van der Waals surface area contributed by atoms with Crippen LogP contribution in [0, 0.1) is 10.1 Å². The number of nitro groups is 1. The van der Waals surface area contributed by atoms with Crippen molar-refractivity contribution in [3.8, 4) is 11.6 Å². The number of para-hydroxylation sites is 2. The van der Waals surface area contributed by atoms with Crippen molar-refractivity contribution in [2.24, 2.45) is 0 Å². The molecule has 0 saturated carbocycles. The van der Waals surface area contributed by atoms with Crippen molar-refractivity contribution in [2.75, 3.05) is 11.9 Å². The lowest BCUT2D eigenvalue weighted by Crippen LogP contribution is -2.00. The van der Waals surface area contributed by atoms with E-state index in [9.17, 15) is 10.1 Å².